The van der Waals surface area contributed by atoms with E-state index in [-0.39, 0.29) is 17.7 Å². The lowest BCUT2D eigenvalue weighted by molar-refractivity contribution is -0.117. The van der Waals surface area contributed by atoms with E-state index >= 15 is 0 Å². The normalized spacial score (nSPS) is 11.7. The number of hydrogen-bond acceptors (Lipinski definition) is 4. The van der Waals surface area contributed by atoms with Gasteiger partial charge in [-0.1, -0.05) is 24.8 Å². The summed E-state index contributed by atoms with van der Waals surface area (Å²) in [4.78, 5) is 26.9. The van der Waals surface area contributed by atoms with Gasteiger partial charge in [-0.05, 0) is 25.5 Å². The molecule has 6 heteroatoms. The van der Waals surface area contributed by atoms with Crippen LogP contribution < -0.4 is 10.6 Å². The Bertz CT molecular complexity index is 398. The van der Waals surface area contributed by atoms with Crippen molar-refractivity contribution in [3.05, 3.63) is 24.4 Å². The Morgan fingerprint density at radius 1 is 1.44 bits per heavy atom. The topological polar surface area (TPSA) is 71.1 Å². The van der Waals surface area contributed by atoms with Crippen LogP contribution in [0.5, 0.6) is 0 Å². The van der Waals surface area contributed by atoms with Crippen molar-refractivity contribution >= 4 is 23.7 Å². The molecular weight excluding hydrogens is 250 g/mol. The molecule has 2 N–H and O–H groups in total. The van der Waals surface area contributed by atoms with Crippen molar-refractivity contribution in [1.82, 2.24) is 15.6 Å². The van der Waals surface area contributed by atoms with Gasteiger partial charge in [0.1, 0.15) is 0 Å². The van der Waals surface area contributed by atoms with Gasteiger partial charge in [0.2, 0.25) is 5.91 Å². The van der Waals surface area contributed by atoms with Crippen LogP contribution in [0.3, 0.4) is 0 Å². The van der Waals surface area contributed by atoms with Gasteiger partial charge in [-0.3, -0.25) is 10.1 Å². The summed E-state index contributed by atoms with van der Waals surface area (Å²) in [5, 5.41) is 5.70. The summed E-state index contributed by atoms with van der Waals surface area (Å²) in [6.07, 6.45) is 2.49. The van der Waals surface area contributed by atoms with Gasteiger partial charge in [0, 0.05) is 12.2 Å². The molecule has 98 valence electrons. The fourth-order valence-electron chi connectivity index (χ4n) is 1.10. The lowest BCUT2D eigenvalue weighted by atomic mass is 10.3. The van der Waals surface area contributed by atoms with E-state index in [1.54, 1.807) is 6.20 Å². The summed E-state index contributed by atoms with van der Waals surface area (Å²) in [6.45, 7) is 3.84. The molecule has 0 aliphatic carbocycles. The van der Waals surface area contributed by atoms with Crippen LogP contribution >= 0.6 is 11.8 Å². The highest BCUT2D eigenvalue weighted by atomic mass is 32.2. The van der Waals surface area contributed by atoms with Crippen LogP contribution in [-0.2, 0) is 4.79 Å². The molecule has 0 saturated carbocycles. The number of nitrogens with one attached hydrogen (secondary N) is 2. The fourth-order valence-corrected chi connectivity index (χ4v) is 1.76. The van der Waals surface area contributed by atoms with Crippen molar-refractivity contribution in [2.45, 2.75) is 31.3 Å². The van der Waals surface area contributed by atoms with E-state index in [2.05, 4.69) is 15.6 Å². The number of hydrogen-bond donors (Lipinski definition) is 2. The van der Waals surface area contributed by atoms with Gasteiger partial charge in [-0.25, -0.2) is 9.78 Å². The smallest absolute Gasteiger partial charge is 0.321 e. The summed E-state index contributed by atoms with van der Waals surface area (Å²) >= 11 is 1.29. The number of pyridine rings is 1. The molecule has 0 unspecified atom stereocenters. The van der Waals surface area contributed by atoms with E-state index < -0.39 is 6.03 Å². The summed E-state index contributed by atoms with van der Waals surface area (Å²) in [6, 6.07) is 5.08. The van der Waals surface area contributed by atoms with Gasteiger partial charge in [0.15, 0.2) is 0 Å². The Balaban J connectivity index is 2.27. The Hall–Kier alpha value is -1.56. The highest BCUT2D eigenvalue weighted by Crippen LogP contribution is 2.12. The van der Waals surface area contributed by atoms with Crippen molar-refractivity contribution < 1.29 is 9.59 Å². The second-order valence-electron chi connectivity index (χ2n) is 3.79. The minimum atomic E-state index is -0.448. The summed E-state index contributed by atoms with van der Waals surface area (Å²) in [7, 11) is 0. The fraction of sp³-hybridized carbons (Fsp3) is 0.417. The lowest BCUT2D eigenvalue weighted by Gasteiger charge is -2.11. The molecule has 0 spiro atoms. The molecule has 0 aliphatic rings. The minimum Gasteiger partial charge on any atom is -0.335 e. The van der Waals surface area contributed by atoms with Crippen molar-refractivity contribution in [1.29, 1.82) is 0 Å². The average molecular weight is 267 g/mol. The van der Waals surface area contributed by atoms with Crippen molar-refractivity contribution in [3.8, 4) is 0 Å². The van der Waals surface area contributed by atoms with Crippen LogP contribution in [0.4, 0.5) is 4.79 Å². The number of carbonyl (C=O) groups excluding carboxylic acids is 2. The molecule has 1 heterocycles. The van der Waals surface area contributed by atoms with Gasteiger partial charge >= 0.3 is 6.03 Å². The molecule has 1 aromatic heterocycles. The largest absolute Gasteiger partial charge is 0.335 e. The number of carbonyl (C=O) groups is 2. The summed E-state index contributed by atoms with van der Waals surface area (Å²) in [5.41, 5.74) is 0. The van der Waals surface area contributed by atoms with Gasteiger partial charge in [-0.2, -0.15) is 0 Å². The number of amides is 3. The quantitative estimate of drug-likeness (QED) is 0.798. The van der Waals surface area contributed by atoms with Crippen LogP contribution in [0.2, 0.25) is 0 Å². The maximum Gasteiger partial charge on any atom is 0.321 e. The molecule has 1 atom stereocenters. The zero-order valence-electron chi connectivity index (χ0n) is 10.5. The van der Waals surface area contributed by atoms with E-state index in [1.807, 2.05) is 32.0 Å². The van der Waals surface area contributed by atoms with E-state index in [9.17, 15) is 9.59 Å². The molecule has 0 aliphatic heterocycles. The number of nitrogens with zero attached hydrogens (tertiary/aromatic N) is 1. The van der Waals surface area contributed by atoms with Gasteiger partial charge in [0.25, 0.3) is 0 Å². The van der Waals surface area contributed by atoms with Gasteiger partial charge < -0.3 is 5.32 Å². The molecule has 0 bridgehead atoms. The SMILES string of the molecule is CC[C@H](C)NC(=O)NC(=O)CSc1ccccn1. The van der Waals surface area contributed by atoms with E-state index in [0.717, 1.165) is 11.4 Å². The van der Waals surface area contributed by atoms with Crippen LogP contribution in [0.15, 0.2) is 29.4 Å². The van der Waals surface area contributed by atoms with E-state index in [1.165, 1.54) is 11.8 Å². The Kier molecular flexibility index (Phi) is 6.21. The third kappa shape index (κ3) is 5.67. The second kappa shape index (κ2) is 7.71. The van der Waals surface area contributed by atoms with Crippen LogP contribution in [0.25, 0.3) is 0 Å². The minimum absolute atomic E-state index is 0.0567. The first-order valence-corrected chi connectivity index (χ1v) is 6.74. The standard InChI is InChI=1S/C12H17N3O2S/c1-3-9(2)14-12(17)15-10(16)8-18-11-6-4-5-7-13-11/h4-7,9H,3,8H2,1-2H3,(H2,14,15,16,17)/t9-/m0/s1. The molecule has 1 rings (SSSR count). The molecule has 0 radical (unpaired) electrons. The van der Waals surface area contributed by atoms with Crippen molar-refractivity contribution in [3.63, 3.8) is 0 Å². The number of aromatic nitrogens is 1. The zero-order valence-corrected chi connectivity index (χ0v) is 11.3. The molecule has 0 fully saturated rings. The zero-order chi connectivity index (χ0) is 13.4. The van der Waals surface area contributed by atoms with Crippen molar-refractivity contribution in [2.24, 2.45) is 0 Å². The second-order valence-corrected chi connectivity index (χ2v) is 4.78. The molecular formula is C12H17N3O2S. The Morgan fingerprint density at radius 3 is 2.83 bits per heavy atom. The molecule has 1 aromatic rings. The molecule has 18 heavy (non-hydrogen) atoms. The molecule has 3 amide bonds. The number of thioether (sulfide) groups is 1. The highest BCUT2D eigenvalue weighted by Gasteiger charge is 2.10. The molecule has 0 aromatic carbocycles. The van der Waals surface area contributed by atoms with Crippen LogP contribution in [0, 0.1) is 0 Å². The third-order valence-electron chi connectivity index (χ3n) is 2.23. The van der Waals surface area contributed by atoms with Crippen LogP contribution in [0.1, 0.15) is 20.3 Å². The predicted octanol–water partition coefficient (Wildman–Crippen LogP) is 1.80. The summed E-state index contributed by atoms with van der Waals surface area (Å²) < 4.78 is 0. The molecule has 5 nitrogen and oxygen atoms in total. The Morgan fingerprint density at radius 2 is 2.22 bits per heavy atom. The predicted molar refractivity (Wildman–Crippen MR) is 71.4 cm³/mol. The number of rotatable bonds is 5. The van der Waals surface area contributed by atoms with Crippen molar-refractivity contribution in [2.75, 3.05) is 5.75 Å². The highest BCUT2D eigenvalue weighted by molar-refractivity contribution is 7.99. The first-order chi connectivity index (χ1) is 8.61. The number of imide groups is 1. The monoisotopic (exact) mass is 267 g/mol. The van der Waals surface area contributed by atoms with Crippen LogP contribution in [-0.4, -0.2) is 28.7 Å². The van der Waals surface area contributed by atoms with E-state index in [0.29, 0.717) is 0 Å². The Labute approximate surface area is 111 Å². The third-order valence-corrected chi connectivity index (χ3v) is 3.18. The van der Waals surface area contributed by atoms with Gasteiger partial charge in [-0.15, -0.1) is 0 Å². The average Bonchev–Trinajstić information content (AvgIpc) is 2.37. The lowest BCUT2D eigenvalue weighted by Crippen LogP contribution is -2.43. The maximum atomic E-state index is 11.5. The molecule has 0 saturated heterocycles. The maximum absolute atomic E-state index is 11.5. The summed E-state index contributed by atoms with van der Waals surface area (Å²) in [5.74, 6) is -0.156. The van der Waals surface area contributed by atoms with Gasteiger partial charge in [0.05, 0.1) is 10.8 Å². The first kappa shape index (κ1) is 14.5. The number of urea groups is 1. The first-order valence-electron chi connectivity index (χ1n) is 5.76. The van der Waals surface area contributed by atoms with E-state index in [4.69, 9.17) is 0 Å².